The summed E-state index contributed by atoms with van der Waals surface area (Å²) >= 11 is 0. The first kappa shape index (κ1) is 11.2. The largest absolute Gasteiger partial charge is 0.300 e. The molecule has 0 N–H and O–H groups in total. The molecule has 0 amide bonds. The molecule has 0 aromatic heterocycles. The second-order valence-corrected chi connectivity index (χ2v) is 6.21. The van der Waals surface area contributed by atoms with Crippen LogP contribution in [-0.2, 0) is 4.79 Å². The van der Waals surface area contributed by atoms with E-state index in [-0.39, 0.29) is 0 Å². The minimum absolute atomic E-state index is 0.378. The van der Waals surface area contributed by atoms with E-state index in [9.17, 15) is 4.79 Å². The van der Waals surface area contributed by atoms with Gasteiger partial charge in [-0.05, 0) is 49.9 Å². The zero-order valence-corrected chi connectivity index (χ0v) is 10.4. The monoisotopic (exact) mass is 208 g/mol. The van der Waals surface area contributed by atoms with Crippen LogP contribution in [0.4, 0.5) is 0 Å². The molecule has 86 valence electrons. The summed E-state index contributed by atoms with van der Waals surface area (Å²) in [5.74, 6) is 2.46. The predicted molar refractivity (Wildman–Crippen MR) is 62.6 cm³/mol. The van der Waals surface area contributed by atoms with Crippen molar-refractivity contribution >= 4 is 5.78 Å². The van der Waals surface area contributed by atoms with Gasteiger partial charge in [-0.2, -0.15) is 0 Å². The first-order chi connectivity index (χ1) is 7.03. The maximum Gasteiger partial charge on any atom is 0.132 e. The van der Waals surface area contributed by atoms with E-state index in [2.05, 4.69) is 13.8 Å². The Bertz CT molecular complexity index is 258. The van der Waals surface area contributed by atoms with Crippen LogP contribution in [0.5, 0.6) is 0 Å². The maximum absolute atomic E-state index is 11.5. The van der Waals surface area contributed by atoms with Gasteiger partial charge < -0.3 is 0 Å². The highest BCUT2D eigenvalue weighted by atomic mass is 16.1. The number of carbonyl (C=O) groups excluding carboxylic acids is 1. The molecular formula is C14H24O. The van der Waals surface area contributed by atoms with E-state index in [1.54, 1.807) is 6.92 Å². The Balaban J connectivity index is 2.12. The van der Waals surface area contributed by atoms with Gasteiger partial charge in [-0.1, -0.05) is 26.7 Å². The molecule has 0 aliphatic heterocycles. The average molecular weight is 208 g/mol. The number of ketones is 1. The molecule has 0 aromatic carbocycles. The Hall–Kier alpha value is -0.330. The Morgan fingerprint density at radius 1 is 1.27 bits per heavy atom. The summed E-state index contributed by atoms with van der Waals surface area (Å²) in [5, 5.41) is 0. The van der Waals surface area contributed by atoms with Crippen LogP contribution >= 0.6 is 0 Å². The average Bonchev–Trinajstić information content (AvgIpc) is 2.17. The van der Waals surface area contributed by atoms with Gasteiger partial charge >= 0.3 is 0 Å². The van der Waals surface area contributed by atoms with Gasteiger partial charge in [-0.15, -0.1) is 0 Å². The molecule has 0 spiro atoms. The smallest absolute Gasteiger partial charge is 0.132 e. The summed E-state index contributed by atoms with van der Waals surface area (Å²) in [5.41, 5.74) is 0.559. The molecule has 1 nitrogen and oxygen atoms in total. The molecule has 1 heteroatoms. The number of hydrogen-bond acceptors (Lipinski definition) is 1. The predicted octanol–water partition coefficient (Wildman–Crippen LogP) is 3.82. The van der Waals surface area contributed by atoms with E-state index in [0.717, 1.165) is 18.3 Å². The van der Waals surface area contributed by atoms with E-state index < -0.39 is 0 Å². The van der Waals surface area contributed by atoms with E-state index in [4.69, 9.17) is 0 Å². The summed E-state index contributed by atoms with van der Waals surface area (Å²) in [6.45, 7) is 6.63. The third-order valence-corrected chi connectivity index (χ3v) is 5.17. The highest BCUT2D eigenvalue weighted by Gasteiger charge is 2.44. The van der Waals surface area contributed by atoms with Gasteiger partial charge in [0.05, 0.1) is 0 Å². The van der Waals surface area contributed by atoms with Crippen LogP contribution in [0.3, 0.4) is 0 Å². The quantitative estimate of drug-likeness (QED) is 0.640. The summed E-state index contributed by atoms with van der Waals surface area (Å²) in [6.07, 6.45) is 7.78. The van der Waals surface area contributed by atoms with Gasteiger partial charge in [0.1, 0.15) is 5.78 Å². The van der Waals surface area contributed by atoms with Gasteiger partial charge in [0.2, 0.25) is 0 Å². The van der Waals surface area contributed by atoms with E-state index in [1.165, 1.54) is 32.1 Å². The molecule has 0 radical (unpaired) electrons. The molecule has 4 atom stereocenters. The minimum atomic E-state index is 0.378. The van der Waals surface area contributed by atoms with Crippen molar-refractivity contribution in [2.24, 2.45) is 23.2 Å². The summed E-state index contributed by atoms with van der Waals surface area (Å²) < 4.78 is 0. The van der Waals surface area contributed by atoms with Crippen molar-refractivity contribution < 1.29 is 4.79 Å². The Morgan fingerprint density at radius 3 is 2.67 bits per heavy atom. The van der Waals surface area contributed by atoms with E-state index in [0.29, 0.717) is 17.1 Å². The van der Waals surface area contributed by atoms with E-state index in [1.807, 2.05) is 0 Å². The van der Waals surface area contributed by atoms with Crippen molar-refractivity contribution in [3.05, 3.63) is 0 Å². The normalized spacial score (nSPS) is 45.9. The zero-order chi connectivity index (χ0) is 11.1. The molecule has 15 heavy (non-hydrogen) atoms. The topological polar surface area (TPSA) is 17.1 Å². The lowest BCUT2D eigenvalue weighted by atomic mass is 9.55. The second kappa shape index (κ2) is 3.92. The first-order valence-corrected chi connectivity index (χ1v) is 6.53. The van der Waals surface area contributed by atoms with E-state index >= 15 is 0 Å². The third kappa shape index (κ3) is 1.98. The van der Waals surface area contributed by atoms with Crippen LogP contribution in [0.1, 0.15) is 59.3 Å². The lowest BCUT2D eigenvalue weighted by Gasteiger charge is -2.50. The summed E-state index contributed by atoms with van der Waals surface area (Å²) in [4.78, 5) is 11.5. The van der Waals surface area contributed by atoms with Gasteiger partial charge in [-0.25, -0.2) is 0 Å². The van der Waals surface area contributed by atoms with Crippen molar-refractivity contribution in [3.8, 4) is 0 Å². The van der Waals surface area contributed by atoms with Crippen LogP contribution in [0.2, 0.25) is 0 Å². The van der Waals surface area contributed by atoms with Crippen LogP contribution in [0.15, 0.2) is 0 Å². The number of Topliss-reactive ketones (excluding diaryl/α,β-unsaturated/α-hetero) is 1. The molecule has 0 bridgehead atoms. The van der Waals surface area contributed by atoms with Gasteiger partial charge in [-0.3, -0.25) is 4.79 Å². The minimum Gasteiger partial charge on any atom is -0.300 e. The summed E-state index contributed by atoms with van der Waals surface area (Å²) in [7, 11) is 0. The Kier molecular flexibility index (Phi) is 2.92. The van der Waals surface area contributed by atoms with Crippen molar-refractivity contribution in [1.29, 1.82) is 0 Å². The molecule has 2 aliphatic rings. The number of rotatable bonds is 1. The van der Waals surface area contributed by atoms with Crippen LogP contribution in [0.25, 0.3) is 0 Å². The summed E-state index contributed by atoms with van der Waals surface area (Å²) in [6, 6.07) is 0. The molecule has 2 fully saturated rings. The molecule has 2 unspecified atom stereocenters. The molecular weight excluding hydrogens is 184 g/mol. The van der Waals surface area contributed by atoms with Crippen LogP contribution in [-0.4, -0.2) is 5.78 Å². The molecule has 2 rings (SSSR count). The lowest BCUT2D eigenvalue weighted by molar-refractivity contribution is -0.124. The fourth-order valence-corrected chi connectivity index (χ4v) is 4.03. The van der Waals surface area contributed by atoms with Crippen molar-refractivity contribution in [2.45, 2.75) is 59.3 Å². The van der Waals surface area contributed by atoms with Crippen molar-refractivity contribution in [3.63, 3.8) is 0 Å². The Labute approximate surface area is 93.6 Å². The SMILES string of the molecule is CC(=O)C1CC[C@@]2(C)CCC[C@@H](C)C2C1. The Morgan fingerprint density at radius 2 is 2.00 bits per heavy atom. The highest BCUT2D eigenvalue weighted by molar-refractivity contribution is 5.78. The van der Waals surface area contributed by atoms with Crippen molar-refractivity contribution in [1.82, 2.24) is 0 Å². The first-order valence-electron chi connectivity index (χ1n) is 6.53. The molecule has 0 heterocycles. The number of carbonyl (C=O) groups is 1. The molecule has 2 saturated carbocycles. The van der Waals surface area contributed by atoms with Gasteiger partial charge in [0.15, 0.2) is 0 Å². The van der Waals surface area contributed by atoms with Crippen LogP contribution < -0.4 is 0 Å². The molecule has 2 aliphatic carbocycles. The van der Waals surface area contributed by atoms with Crippen LogP contribution in [0, 0.1) is 23.2 Å². The van der Waals surface area contributed by atoms with Gasteiger partial charge in [0, 0.05) is 5.92 Å². The molecule has 0 aromatic rings. The highest BCUT2D eigenvalue weighted by Crippen LogP contribution is 2.53. The lowest BCUT2D eigenvalue weighted by Crippen LogP contribution is -2.42. The maximum atomic E-state index is 11.5. The third-order valence-electron chi connectivity index (χ3n) is 5.17. The second-order valence-electron chi connectivity index (χ2n) is 6.21. The van der Waals surface area contributed by atoms with Gasteiger partial charge in [0.25, 0.3) is 0 Å². The van der Waals surface area contributed by atoms with Crippen molar-refractivity contribution in [2.75, 3.05) is 0 Å². The zero-order valence-electron chi connectivity index (χ0n) is 10.4. The fraction of sp³-hybridized carbons (Fsp3) is 0.929. The standard InChI is InChI=1S/C14H24O/c1-10-5-4-7-14(3)8-6-12(11(2)15)9-13(10)14/h10,12-13H,4-9H2,1-3H3/t10-,12?,13?,14-/m1/s1. The number of hydrogen-bond donors (Lipinski definition) is 0. The fourth-order valence-electron chi connectivity index (χ4n) is 4.03. The number of fused-ring (bicyclic) bond motifs is 1. The molecule has 0 saturated heterocycles.